The van der Waals surface area contributed by atoms with Crippen molar-refractivity contribution in [1.29, 1.82) is 0 Å². The molecule has 0 aliphatic rings. The van der Waals surface area contributed by atoms with Gasteiger partial charge in [0.25, 0.3) is 0 Å². The number of quaternary nitrogens is 1. The smallest absolute Gasteiger partial charge is 0.245 e. The minimum atomic E-state index is -1.51. The van der Waals surface area contributed by atoms with Crippen molar-refractivity contribution in [3.63, 3.8) is 0 Å². The van der Waals surface area contributed by atoms with E-state index in [0.717, 1.165) is 13.0 Å². The molecule has 0 aliphatic heterocycles. The van der Waals surface area contributed by atoms with Gasteiger partial charge in [-0.25, -0.2) is 0 Å². The molecular weight excluding hydrogens is 576 g/mol. The first-order valence-corrected chi connectivity index (χ1v) is 14.6. The van der Waals surface area contributed by atoms with Gasteiger partial charge in [-0.3, -0.25) is 29.0 Å². The summed E-state index contributed by atoms with van der Waals surface area (Å²) in [6.45, 7) is 3.68. The van der Waals surface area contributed by atoms with Crippen LogP contribution in [0.15, 0.2) is 4.99 Å². The quantitative estimate of drug-likeness (QED) is 0.0184. The molecule has 0 heterocycles. The van der Waals surface area contributed by atoms with Crippen LogP contribution in [0, 0.1) is 0 Å². The fraction of sp³-hybridized carbons (Fsp3) is 0.741. The first-order valence-electron chi connectivity index (χ1n) is 14.6. The predicted molar refractivity (Wildman–Crippen MR) is 164 cm³/mol. The maximum Gasteiger partial charge on any atom is 0.245 e. The van der Waals surface area contributed by atoms with E-state index in [1.54, 1.807) is 0 Å². The highest BCUT2D eigenvalue weighted by Gasteiger charge is 2.33. The number of aldehydes is 1. The minimum Gasteiger partial charge on any atom is -0.391 e. The van der Waals surface area contributed by atoms with E-state index in [2.05, 4.69) is 26.3 Å². The fourth-order valence-electron chi connectivity index (χ4n) is 3.95. The standard InChI is InChI=1S/C27H52N10O7/c1-16(28)23(41)34-20(10-8-13-32-27(30)31)25(43)36-22(17(2)39)26(44)35-19(9-6-7-14-37(3,4)5)24(42)33-18(15-38)11-12-21(29)40/h15-20,22,39H,6-14,28H2,1-5H3,(H9-,29,30,31,32,33,34,35,36,40,41,42,43,44)/p+1/t16-,17+,18-,19-,20-,22-/m0/s1. The second-order valence-corrected chi connectivity index (χ2v) is 11.9. The molecule has 0 aliphatic carbocycles. The highest BCUT2D eigenvalue weighted by Crippen LogP contribution is 2.08. The van der Waals surface area contributed by atoms with Crippen LogP contribution in [0.3, 0.4) is 0 Å². The number of unbranched alkanes of at least 4 members (excludes halogenated alkanes) is 1. The predicted octanol–water partition coefficient (Wildman–Crippen LogP) is -3.95. The Labute approximate surface area is 258 Å². The van der Waals surface area contributed by atoms with Crippen LogP contribution in [0.5, 0.6) is 0 Å². The molecular formula is C27H53N10O7+. The molecule has 0 aromatic heterocycles. The van der Waals surface area contributed by atoms with Crippen molar-refractivity contribution in [3.05, 3.63) is 0 Å². The molecule has 0 saturated carbocycles. The molecule has 5 amide bonds. The summed E-state index contributed by atoms with van der Waals surface area (Å²) >= 11 is 0. The number of hydrogen-bond donors (Lipinski definition) is 9. The number of carbonyl (C=O) groups is 6. The van der Waals surface area contributed by atoms with Crippen molar-refractivity contribution in [3.8, 4) is 0 Å². The monoisotopic (exact) mass is 629 g/mol. The van der Waals surface area contributed by atoms with E-state index >= 15 is 0 Å². The largest absolute Gasteiger partial charge is 0.391 e. The number of primary amides is 1. The van der Waals surface area contributed by atoms with Crippen molar-refractivity contribution < 1.29 is 38.4 Å². The average Bonchev–Trinajstić information content (AvgIpc) is 2.91. The number of aliphatic hydroxyl groups is 1. The van der Waals surface area contributed by atoms with Gasteiger partial charge in [0.05, 0.1) is 45.9 Å². The SMILES string of the molecule is C[C@H](N)C(=O)N[C@@H](CCCN=C(N)N)C(=O)N[C@H](C(=O)N[C@@H](CCCC[N+](C)(C)C)C(=O)N[C@H](C=O)CCC(N)=O)[C@@H](C)O. The molecule has 252 valence electrons. The van der Waals surface area contributed by atoms with Crippen LogP contribution in [0.4, 0.5) is 0 Å². The number of nitrogens with one attached hydrogen (secondary N) is 4. The Morgan fingerprint density at radius 3 is 1.82 bits per heavy atom. The summed E-state index contributed by atoms with van der Waals surface area (Å²) < 4.78 is 0.687. The third kappa shape index (κ3) is 18.0. The third-order valence-corrected chi connectivity index (χ3v) is 6.45. The molecule has 0 saturated heterocycles. The van der Waals surface area contributed by atoms with Gasteiger partial charge in [-0.05, 0) is 52.4 Å². The van der Waals surface area contributed by atoms with Crippen LogP contribution < -0.4 is 44.2 Å². The molecule has 0 fully saturated rings. The molecule has 0 unspecified atom stereocenters. The lowest BCUT2D eigenvalue weighted by molar-refractivity contribution is -0.870. The zero-order valence-electron chi connectivity index (χ0n) is 26.5. The van der Waals surface area contributed by atoms with Crippen molar-refractivity contribution in [2.75, 3.05) is 34.2 Å². The van der Waals surface area contributed by atoms with E-state index in [1.165, 1.54) is 13.8 Å². The van der Waals surface area contributed by atoms with E-state index < -0.39 is 65.8 Å². The number of guanidine groups is 1. The topological polar surface area (TPSA) is 287 Å². The number of aliphatic imine (C=N–C) groups is 1. The molecule has 17 nitrogen and oxygen atoms in total. The van der Waals surface area contributed by atoms with Crippen molar-refractivity contribution in [2.45, 2.75) is 95.1 Å². The summed E-state index contributed by atoms with van der Waals surface area (Å²) in [5.41, 5.74) is 21.4. The summed E-state index contributed by atoms with van der Waals surface area (Å²) in [5, 5.41) is 20.4. The summed E-state index contributed by atoms with van der Waals surface area (Å²) in [5.74, 6) is -3.71. The van der Waals surface area contributed by atoms with Crippen molar-refractivity contribution in [2.24, 2.45) is 27.9 Å². The van der Waals surface area contributed by atoms with Crippen LogP contribution in [-0.4, -0.2) is 122 Å². The highest BCUT2D eigenvalue weighted by molar-refractivity contribution is 5.95. The van der Waals surface area contributed by atoms with Crippen molar-refractivity contribution >= 4 is 41.8 Å². The lowest BCUT2D eigenvalue weighted by atomic mass is 10.0. The Hall–Kier alpha value is -3.83. The zero-order chi connectivity index (χ0) is 34.0. The second-order valence-electron chi connectivity index (χ2n) is 11.9. The first-order chi connectivity index (χ1) is 20.4. The van der Waals surface area contributed by atoms with Gasteiger partial charge in [-0.1, -0.05) is 0 Å². The molecule has 0 radical (unpaired) electrons. The number of rotatable bonds is 22. The van der Waals surface area contributed by atoms with Crippen LogP contribution in [-0.2, 0) is 28.8 Å². The van der Waals surface area contributed by atoms with Gasteiger partial charge in [0.15, 0.2) is 5.96 Å². The van der Waals surface area contributed by atoms with E-state index in [9.17, 15) is 33.9 Å². The van der Waals surface area contributed by atoms with E-state index in [4.69, 9.17) is 22.9 Å². The lowest BCUT2D eigenvalue weighted by Gasteiger charge is -2.28. The Balaban J connectivity index is 5.82. The maximum atomic E-state index is 13.3. The number of carbonyl (C=O) groups excluding carboxylic acids is 6. The molecule has 0 aromatic rings. The minimum absolute atomic E-state index is 0.0171. The molecule has 0 aromatic carbocycles. The lowest BCUT2D eigenvalue weighted by Crippen LogP contribution is -2.60. The van der Waals surface area contributed by atoms with Gasteiger partial charge in [0, 0.05) is 13.0 Å². The molecule has 17 heteroatoms. The van der Waals surface area contributed by atoms with Crippen LogP contribution in [0.25, 0.3) is 0 Å². The van der Waals surface area contributed by atoms with Gasteiger partial charge in [0.1, 0.15) is 24.4 Å². The van der Waals surface area contributed by atoms with E-state index in [-0.39, 0.29) is 38.2 Å². The van der Waals surface area contributed by atoms with Crippen LogP contribution in [0.2, 0.25) is 0 Å². The van der Waals surface area contributed by atoms with E-state index in [1.807, 2.05) is 21.1 Å². The third-order valence-electron chi connectivity index (χ3n) is 6.45. The summed E-state index contributed by atoms with van der Waals surface area (Å²) in [6, 6.07) is -5.70. The number of hydrogen-bond acceptors (Lipinski definition) is 9. The molecule has 0 spiro atoms. The number of nitrogens with zero attached hydrogens (tertiary/aromatic N) is 2. The van der Waals surface area contributed by atoms with Crippen LogP contribution in [0.1, 0.15) is 58.8 Å². The second kappa shape index (κ2) is 20.2. The zero-order valence-corrected chi connectivity index (χ0v) is 26.5. The number of aliphatic hydroxyl groups excluding tert-OH is 1. The Kier molecular flexibility index (Phi) is 18.4. The maximum absolute atomic E-state index is 13.3. The van der Waals surface area contributed by atoms with E-state index in [0.29, 0.717) is 23.6 Å². The average molecular weight is 630 g/mol. The first kappa shape index (κ1) is 40.2. The summed E-state index contributed by atoms with van der Waals surface area (Å²) in [4.78, 5) is 78.4. The highest BCUT2D eigenvalue weighted by atomic mass is 16.3. The summed E-state index contributed by atoms with van der Waals surface area (Å²) in [7, 11) is 6.04. The van der Waals surface area contributed by atoms with Crippen LogP contribution >= 0.6 is 0 Å². The molecule has 0 rings (SSSR count). The number of amides is 5. The van der Waals surface area contributed by atoms with Gasteiger partial charge in [0.2, 0.25) is 29.5 Å². The van der Waals surface area contributed by atoms with Gasteiger partial charge >= 0.3 is 0 Å². The molecule has 6 atom stereocenters. The number of nitrogens with two attached hydrogens (primary N) is 4. The molecule has 0 bridgehead atoms. The molecule has 13 N–H and O–H groups in total. The molecule has 44 heavy (non-hydrogen) atoms. The van der Waals surface area contributed by atoms with Gasteiger partial charge in [-0.2, -0.15) is 0 Å². The Bertz CT molecular complexity index is 994. The van der Waals surface area contributed by atoms with Gasteiger partial charge in [-0.15, -0.1) is 0 Å². The van der Waals surface area contributed by atoms with Gasteiger partial charge < -0.3 is 58.6 Å². The summed E-state index contributed by atoms with van der Waals surface area (Å²) in [6.07, 6.45) is 0.758. The Morgan fingerprint density at radius 1 is 0.795 bits per heavy atom. The fourth-order valence-corrected chi connectivity index (χ4v) is 3.95. The normalized spacial score (nSPS) is 15.3. The Morgan fingerprint density at radius 2 is 1.34 bits per heavy atom. The van der Waals surface area contributed by atoms with Crippen molar-refractivity contribution in [1.82, 2.24) is 21.3 Å².